The number of aryl methyl sites for hydroxylation is 2. The molecule has 0 heterocycles. The van der Waals surface area contributed by atoms with E-state index in [1.165, 1.54) is 18.2 Å². The molecule has 0 fully saturated rings. The number of methoxy groups -OCH3 is 1. The fraction of sp³-hybridized carbons (Fsp3) is 0.409. The first kappa shape index (κ1) is 22.7. The topological polar surface area (TPSA) is 75.7 Å². The van der Waals surface area contributed by atoms with Crippen molar-refractivity contribution in [2.24, 2.45) is 0 Å². The van der Waals surface area contributed by atoms with E-state index < -0.39 is 16.1 Å². The summed E-state index contributed by atoms with van der Waals surface area (Å²) in [6.07, 6.45) is 2.87. The molecule has 0 saturated carbocycles. The quantitative estimate of drug-likeness (QED) is 0.678. The van der Waals surface area contributed by atoms with Crippen molar-refractivity contribution in [3.8, 4) is 5.75 Å². The van der Waals surface area contributed by atoms with Crippen LogP contribution in [0.15, 0.2) is 42.5 Å². The SMILES string of the molecule is CCc1ccc(CC)c(CNC(=O)[C@@H](C)N(c2cccc(OC)c2)S(C)(=O)=O)c1. The number of benzene rings is 2. The van der Waals surface area contributed by atoms with Gasteiger partial charge in [0.25, 0.3) is 0 Å². The summed E-state index contributed by atoms with van der Waals surface area (Å²) >= 11 is 0. The molecule has 0 aromatic heterocycles. The van der Waals surface area contributed by atoms with Gasteiger partial charge in [0.15, 0.2) is 0 Å². The number of carbonyl (C=O) groups excluding carboxylic acids is 1. The number of carbonyl (C=O) groups is 1. The highest BCUT2D eigenvalue weighted by Crippen LogP contribution is 2.25. The van der Waals surface area contributed by atoms with Crippen LogP contribution in [0.3, 0.4) is 0 Å². The van der Waals surface area contributed by atoms with Crippen molar-refractivity contribution in [1.29, 1.82) is 0 Å². The molecule has 0 saturated heterocycles. The van der Waals surface area contributed by atoms with Crippen molar-refractivity contribution in [1.82, 2.24) is 5.32 Å². The number of sulfonamides is 1. The summed E-state index contributed by atoms with van der Waals surface area (Å²) in [6.45, 7) is 6.10. The lowest BCUT2D eigenvalue weighted by Gasteiger charge is -2.28. The number of nitrogens with zero attached hydrogens (tertiary/aromatic N) is 1. The predicted octanol–water partition coefficient (Wildman–Crippen LogP) is 3.29. The molecule has 0 spiro atoms. The van der Waals surface area contributed by atoms with Gasteiger partial charge in [0.2, 0.25) is 15.9 Å². The van der Waals surface area contributed by atoms with Crippen LogP contribution in [0.1, 0.15) is 37.5 Å². The maximum atomic E-state index is 12.8. The van der Waals surface area contributed by atoms with Crippen LogP contribution in [0.25, 0.3) is 0 Å². The summed E-state index contributed by atoms with van der Waals surface area (Å²) < 4.78 is 31.2. The number of anilines is 1. The number of amides is 1. The molecule has 1 N–H and O–H groups in total. The van der Waals surface area contributed by atoms with Crippen LogP contribution in [0.4, 0.5) is 5.69 Å². The molecule has 7 heteroatoms. The van der Waals surface area contributed by atoms with Crippen LogP contribution in [-0.4, -0.2) is 33.7 Å². The second-order valence-corrected chi connectivity index (χ2v) is 8.82. The van der Waals surface area contributed by atoms with Gasteiger partial charge >= 0.3 is 0 Å². The standard InChI is InChI=1S/C22H30N2O4S/c1-6-17-11-12-18(7-2)19(13-17)15-23-22(25)16(3)24(29(5,26)27)20-9-8-10-21(14-20)28-4/h8-14,16H,6-7,15H2,1-5H3,(H,23,25)/t16-/m1/s1. The van der Waals surface area contributed by atoms with Crippen molar-refractivity contribution in [2.45, 2.75) is 46.2 Å². The predicted molar refractivity (Wildman–Crippen MR) is 117 cm³/mol. The zero-order valence-corrected chi connectivity index (χ0v) is 18.5. The summed E-state index contributed by atoms with van der Waals surface area (Å²) in [4.78, 5) is 12.8. The molecule has 2 rings (SSSR count). The van der Waals surface area contributed by atoms with Crippen molar-refractivity contribution >= 4 is 21.6 Å². The molecule has 6 nitrogen and oxygen atoms in total. The van der Waals surface area contributed by atoms with Crippen LogP contribution in [0, 0.1) is 0 Å². The zero-order chi connectivity index (χ0) is 21.6. The number of ether oxygens (including phenoxy) is 1. The Morgan fingerprint density at radius 1 is 1.10 bits per heavy atom. The van der Waals surface area contributed by atoms with Gasteiger partial charge in [-0.2, -0.15) is 0 Å². The Bertz CT molecular complexity index is 957. The normalized spacial score (nSPS) is 12.3. The van der Waals surface area contributed by atoms with Crippen LogP contribution in [0.5, 0.6) is 5.75 Å². The van der Waals surface area contributed by atoms with Crippen molar-refractivity contribution in [3.05, 3.63) is 59.2 Å². The summed E-state index contributed by atoms with van der Waals surface area (Å²) in [5, 5.41) is 2.90. The Labute approximate surface area is 173 Å². The molecule has 29 heavy (non-hydrogen) atoms. The minimum atomic E-state index is -3.68. The Balaban J connectivity index is 2.24. The van der Waals surface area contributed by atoms with Gasteiger partial charge < -0.3 is 10.1 Å². The molecule has 0 aliphatic heterocycles. The first-order valence-electron chi connectivity index (χ1n) is 9.73. The minimum Gasteiger partial charge on any atom is -0.497 e. The third-order valence-corrected chi connectivity index (χ3v) is 6.15. The molecular weight excluding hydrogens is 388 g/mol. The second-order valence-electron chi connectivity index (χ2n) is 6.96. The smallest absolute Gasteiger partial charge is 0.243 e. The van der Waals surface area contributed by atoms with E-state index in [4.69, 9.17) is 4.74 Å². The van der Waals surface area contributed by atoms with Gasteiger partial charge in [-0.3, -0.25) is 9.10 Å². The lowest BCUT2D eigenvalue weighted by molar-refractivity contribution is -0.122. The molecule has 0 aliphatic carbocycles. The summed E-state index contributed by atoms with van der Waals surface area (Å²) in [7, 11) is -2.17. The molecule has 2 aromatic rings. The number of rotatable bonds is 9. The van der Waals surface area contributed by atoms with E-state index in [1.807, 2.05) is 0 Å². The van der Waals surface area contributed by atoms with Gasteiger partial charge in [-0.1, -0.05) is 38.1 Å². The van der Waals surface area contributed by atoms with E-state index >= 15 is 0 Å². The van der Waals surface area contributed by atoms with Gasteiger partial charge in [-0.05, 0) is 48.6 Å². The van der Waals surface area contributed by atoms with Crippen LogP contribution < -0.4 is 14.4 Å². The fourth-order valence-electron chi connectivity index (χ4n) is 3.30. The van der Waals surface area contributed by atoms with E-state index in [9.17, 15) is 13.2 Å². The summed E-state index contributed by atoms with van der Waals surface area (Å²) in [5.41, 5.74) is 3.81. The highest BCUT2D eigenvalue weighted by Gasteiger charge is 2.29. The lowest BCUT2D eigenvalue weighted by Crippen LogP contribution is -2.47. The fourth-order valence-corrected chi connectivity index (χ4v) is 4.46. The Morgan fingerprint density at radius 2 is 1.83 bits per heavy atom. The summed E-state index contributed by atoms with van der Waals surface area (Å²) in [6, 6.07) is 12.0. The Kier molecular flexibility index (Phi) is 7.67. The molecule has 0 aliphatic rings. The Hall–Kier alpha value is -2.54. The first-order valence-corrected chi connectivity index (χ1v) is 11.6. The number of hydrogen-bond donors (Lipinski definition) is 1. The van der Waals surface area contributed by atoms with Crippen LogP contribution in [-0.2, 0) is 34.2 Å². The van der Waals surface area contributed by atoms with Gasteiger partial charge in [0, 0.05) is 12.6 Å². The highest BCUT2D eigenvalue weighted by atomic mass is 32.2. The Morgan fingerprint density at radius 3 is 2.41 bits per heavy atom. The zero-order valence-electron chi connectivity index (χ0n) is 17.7. The molecule has 1 atom stereocenters. The highest BCUT2D eigenvalue weighted by molar-refractivity contribution is 7.92. The molecule has 0 bridgehead atoms. The maximum absolute atomic E-state index is 12.8. The molecular formula is C22H30N2O4S. The second kappa shape index (κ2) is 9.78. The average molecular weight is 419 g/mol. The molecule has 0 unspecified atom stereocenters. The van der Waals surface area contributed by atoms with Crippen molar-refractivity contribution in [3.63, 3.8) is 0 Å². The van der Waals surface area contributed by atoms with E-state index in [1.54, 1.807) is 31.2 Å². The largest absolute Gasteiger partial charge is 0.497 e. The molecule has 2 aromatic carbocycles. The van der Waals surface area contributed by atoms with E-state index in [-0.39, 0.29) is 5.91 Å². The third kappa shape index (κ3) is 5.73. The van der Waals surface area contributed by atoms with Gasteiger partial charge in [0.05, 0.1) is 19.1 Å². The summed E-state index contributed by atoms with van der Waals surface area (Å²) in [5.74, 6) is 0.162. The number of hydrogen-bond acceptors (Lipinski definition) is 4. The molecule has 0 radical (unpaired) electrons. The van der Waals surface area contributed by atoms with E-state index in [2.05, 4.69) is 37.4 Å². The lowest BCUT2D eigenvalue weighted by atomic mass is 10.0. The van der Waals surface area contributed by atoms with E-state index in [0.717, 1.165) is 29.0 Å². The first-order chi connectivity index (χ1) is 13.7. The number of nitrogens with one attached hydrogen (secondary N) is 1. The third-order valence-electron chi connectivity index (χ3n) is 4.91. The molecule has 1 amide bonds. The van der Waals surface area contributed by atoms with Crippen LogP contribution in [0.2, 0.25) is 0 Å². The van der Waals surface area contributed by atoms with Crippen molar-refractivity contribution in [2.75, 3.05) is 17.7 Å². The van der Waals surface area contributed by atoms with Gasteiger partial charge in [0.1, 0.15) is 11.8 Å². The minimum absolute atomic E-state index is 0.357. The van der Waals surface area contributed by atoms with Crippen molar-refractivity contribution < 1.29 is 17.9 Å². The molecule has 158 valence electrons. The monoisotopic (exact) mass is 418 g/mol. The van der Waals surface area contributed by atoms with Crippen LogP contribution >= 0.6 is 0 Å². The van der Waals surface area contributed by atoms with E-state index in [0.29, 0.717) is 18.0 Å². The maximum Gasteiger partial charge on any atom is 0.243 e. The van der Waals surface area contributed by atoms with Gasteiger partial charge in [-0.25, -0.2) is 8.42 Å². The average Bonchev–Trinajstić information content (AvgIpc) is 2.70. The van der Waals surface area contributed by atoms with Gasteiger partial charge in [-0.15, -0.1) is 0 Å².